The zero-order chi connectivity index (χ0) is 21.4. The van der Waals surface area contributed by atoms with Gasteiger partial charge in [0.15, 0.2) is 0 Å². The van der Waals surface area contributed by atoms with Crippen LogP contribution in [0.15, 0.2) is 41.5 Å². The molecule has 1 aromatic heterocycles. The van der Waals surface area contributed by atoms with Crippen LogP contribution in [0.4, 0.5) is 16.2 Å². The second-order valence-corrected chi connectivity index (χ2v) is 9.48. The number of hydrazone groups is 1. The summed E-state index contributed by atoms with van der Waals surface area (Å²) in [5, 5.41) is 9.31. The number of hydrogen-bond acceptors (Lipinski definition) is 7. The number of halogens is 1. The lowest BCUT2D eigenvalue weighted by molar-refractivity contribution is 0.0920. The number of ether oxygens (including phenoxy) is 1. The minimum Gasteiger partial charge on any atom is -0.442 e. The number of benzene rings is 1. The summed E-state index contributed by atoms with van der Waals surface area (Å²) in [4.78, 5) is 28.9. The second kappa shape index (κ2) is 8.39. The summed E-state index contributed by atoms with van der Waals surface area (Å²) >= 11 is 7.08. The van der Waals surface area contributed by atoms with Crippen molar-refractivity contribution >= 4 is 52.7 Å². The van der Waals surface area contributed by atoms with E-state index in [-0.39, 0.29) is 12.5 Å². The summed E-state index contributed by atoms with van der Waals surface area (Å²) in [5.74, 6) is -0.224. The van der Waals surface area contributed by atoms with E-state index < -0.39 is 12.2 Å². The molecular weight excluding hydrogens is 438 g/mol. The Kier molecular flexibility index (Phi) is 5.45. The highest BCUT2D eigenvalue weighted by Crippen LogP contribution is 2.29. The van der Waals surface area contributed by atoms with Crippen LogP contribution in [0.25, 0.3) is 0 Å². The molecule has 162 valence electrons. The number of cyclic esters (lactones) is 1. The SMILES string of the molecule is O=C(NC[C@H]1CN(c2ccc(N3CCN(C4CC4)C=N3)cc2)C(=O)O1)c1ccc(Cl)s1. The molecule has 0 unspecified atom stereocenters. The van der Waals surface area contributed by atoms with Crippen LogP contribution in [0.2, 0.25) is 4.34 Å². The average Bonchev–Trinajstić information content (AvgIpc) is 3.45. The molecule has 3 heterocycles. The number of hydrogen-bond donors (Lipinski definition) is 1. The molecule has 1 N–H and O–H groups in total. The van der Waals surface area contributed by atoms with Crippen LogP contribution in [0.3, 0.4) is 0 Å². The Morgan fingerprint density at radius 3 is 2.58 bits per heavy atom. The van der Waals surface area contributed by atoms with Gasteiger partial charge in [0.2, 0.25) is 0 Å². The summed E-state index contributed by atoms with van der Waals surface area (Å²) in [6.07, 6.45) is 3.63. The molecule has 1 aromatic carbocycles. The zero-order valence-corrected chi connectivity index (χ0v) is 18.3. The lowest BCUT2D eigenvalue weighted by Crippen LogP contribution is -2.39. The highest BCUT2D eigenvalue weighted by molar-refractivity contribution is 7.18. The first kappa shape index (κ1) is 20.1. The molecule has 1 aliphatic carbocycles. The van der Waals surface area contributed by atoms with E-state index in [1.54, 1.807) is 17.0 Å². The molecular formula is C21H22ClN5O3S. The maximum Gasteiger partial charge on any atom is 0.414 e. The van der Waals surface area contributed by atoms with Gasteiger partial charge in [-0.15, -0.1) is 11.3 Å². The number of anilines is 2. The summed E-state index contributed by atoms with van der Waals surface area (Å²) < 4.78 is 5.97. The summed E-state index contributed by atoms with van der Waals surface area (Å²) in [6, 6.07) is 11.7. The van der Waals surface area contributed by atoms with Crippen molar-refractivity contribution in [2.45, 2.75) is 25.0 Å². The Morgan fingerprint density at radius 2 is 1.94 bits per heavy atom. The van der Waals surface area contributed by atoms with Gasteiger partial charge in [0, 0.05) is 18.3 Å². The third kappa shape index (κ3) is 4.47. The third-order valence-corrected chi connectivity index (χ3v) is 6.78. The highest BCUT2D eigenvalue weighted by atomic mass is 35.5. The summed E-state index contributed by atoms with van der Waals surface area (Å²) in [7, 11) is 0. The Labute approximate surface area is 189 Å². The molecule has 2 aromatic rings. The van der Waals surface area contributed by atoms with Crippen molar-refractivity contribution in [3.63, 3.8) is 0 Å². The molecule has 0 radical (unpaired) electrons. The van der Waals surface area contributed by atoms with E-state index in [4.69, 9.17) is 16.3 Å². The lowest BCUT2D eigenvalue weighted by Gasteiger charge is -2.30. The quantitative estimate of drug-likeness (QED) is 0.716. The van der Waals surface area contributed by atoms with Crippen LogP contribution >= 0.6 is 22.9 Å². The predicted octanol–water partition coefficient (Wildman–Crippen LogP) is 3.38. The standard InChI is InChI=1S/C21H22ClN5O3S/c22-19-8-7-18(31-19)20(28)23-11-17-12-26(21(29)30-17)15-3-5-16(6-4-15)27-10-9-25(13-24-27)14-1-2-14/h3-8,13-14,17H,1-2,9-12H2,(H,23,28)/t17-/m0/s1. The van der Waals surface area contributed by atoms with E-state index in [9.17, 15) is 9.59 Å². The van der Waals surface area contributed by atoms with Gasteiger partial charge in [0.25, 0.3) is 5.91 Å². The van der Waals surface area contributed by atoms with Gasteiger partial charge >= 0.3 is 6.09 Å². The topological polar surface area (TPSA) is 77.5 Å². The Bertz CT molecular complexity index is 1010. The first-order valence-electron chi connectivity index (χ1n) is 10.3. The van der Waals surface area contributed by atoms with Crippen molar-refractivity contribution in [3.8, 4) is 0 Å². The monoisotopic (exact) mass is 459 g/mol. The lowest BCUT2D eigenvalue weighted by atomic mass is 10.2. The summed E-state index contributed by atoms with van der Waals surface area (Å²) in [6.45, 7) is 2.44. The predicted molar refractivity (Wildman–Crippen MR) is 121 cm³/mol. The molecule has 1 atom stereocenters. The zero-order valence-electron chi connectivity index (χ0n) is 16.7. The van der Waals surface area contributed by atoms with E-state index in [0.29, 0.717) is 21.8 Å². The number of nitrogens with zero attached hydrogens (tertiary/aromatic N) is 4. The van der Waals surface area contributed by atoms with E-state index in [1.165, 1.54) is 24.2 Å². The van der Waals surface area contributed by atoms with Gasteiger partial charge in [0.1, 0.15) is 12.4 Å². The van der Waals surface area contributed by atoms with Crippen LogP contribution < -0.4 is 15.2 Å². The van der Waals surface area contributed by atoms with Gasteiger partial charge in [-0.05, 0) is 49.2 Å². The fraction of sp³-hybridized carbons (Fsp3) is 0.381. The summed E-state index contributed by atoms with van der Waals surface area (Å²) in [5.41, 5.74) is 1.75. The fourth-order valence-electron chi connectivity index (χ4n) is 3.71. The Morgan fingerprint density at radius 1 is 1.16 bits per heavy atom. The Balaban J connectivity index is 1.16. The van der Waals surface area contributed by atoms with Crippen LogP contribution in [0, 0.1) is 0 Å². The van der Waals surface area contributed by atoms with Crippen molar-refractivity contribution in [1.29, 1.82) is 0 Å². The number of nitrogens with one attached hydrogen (secondary N) is 1. The second-order valence-electron chi connectivity index (χ2n) is 7.77. The molecule has 2 fully saturated rings. The van der Waals surface area contributed by atoms with E-state index in [1.807, 2.05) is 35.6 Å². The molecule has 1 saturated heterocycles. The maximum atomic E-state index is 12.3. The molecule has 31 heavy (non-hydrogen) atoms. The number of carbonyl (C=O) groups is 2. The van der Waals surface area contributed by atoms with Crippen molar-refractivity contribution in [2.75, 3.05) is 36.1 Å². The normalized spacial score (nSPS) is 20.9. The fourth-order valence-corrected chi connectivity index (χ4v) is 4.67. The van der Waals surface area contributed by atoms with E-state index in [0.717, 1.165) is 24.5 Å². The van der Waals surface area contributed by atoms with Crippen molar-refractivity contribution in [3.05, 3.63) is 45.6 Å². The van der Waals surface area contributed by atoms with E-state index >= 15 is 0 Å². The average molecular weight is 460 g/mol. The van der Waals surface area contributed by atoms with E-state index in [2.05, 4.69) is 15.3 Å². The molecule has 2 amide bonds. The molecule has 0 bridgehead atoms. The minimum absolute atomic E-state index is 0.224. The molecule has 5 rings (SSSR count). The molecule has 1 saturated carbocycles. The van der Waals surface area contributed by atoms with Crippen LogP contribution in [0.5, 0.6) is 0 Å². The van der Waals surface area contributed by atoms with Crippen LogP contribution in [-0.2, 0) is 4.74 Å². The first-order valence-corrected chi connectivity index (χ1v) is 11.5. The van der Waals surface area contributed by atoms with Gasteiger partial charge in [0.05, 0.1) is 34.5 Å². The van der Waals surface area contributed by atoms with Crippen molar-refractivity contribution in [2.24, 2.45) is 5.10 Å². The number of amides is 2. The van der Waals surface area contributed by atoms with Gasteiger partial charge in [-0.3, -0.25) is 14.7 Å². The molecule has 3 aliphatic rings. The maximum absolute atomic E-state index is 12.3. The number of rotatable bonds is 6. The smallest absolute Gasteiger partial charge is 0.414 e. The molecule has 0 spiro atoms. The van der Waals surface area contributed by atoms with Crippen molar-refractivity contribution < 1.29 is 14.3 Å². The van der Waals surface area contributed by atoms with Gasteiger partial charge in [-0.1, -0.05) is 11.6 Å². The third-order valence-electron chi connectivity index (χ3n) is 5.55. The first-order chi connectivity index (χ1) is 15.1. The van der Waals surface area contributed by atoms with Gasteiger partial charge in [-0.25, -0.2) is 4.79 Å². The van der Waals surface area contributed by atoms with Crippen LogP contribution in [-0.4, -0.2) is 61.6 Å². The molecule has 8 nitrogen and oxygen atoms in total. The van der Waals surface area contributed by atoms with Gasteiger partial charge < -0.3 is 15.0 Å². The van der Waals surface area contributed by atoms with Crippen molar-refractivity contribution in [1.82, 2.24) is 10.2 Å². The largest absolute Gasteiger partial charge is 0.442 e. The van der Waals surface area contributed by atoms with Gasteiger partial charge in [-0.2, -0.15) is 5.10 Å². The molecule has 2 aliphatic heterocycles. The Hall–Kier alpha value is -2.78. The minimum atomic E-state index is -0.415. The highest BCUT2D eigenvalue weighted by Gasteiger charge is 2.33. The number of carbonyl (C=O) groups excluding carboxylic acids is 2. The van der Waals surface area contributed by atoms with Crippen LogP contribution in [0.1, 0.15) is 22.5 Å². The molecule has 10 heteroatoms. The number of thiophene rings is 1.